The first-order valence-electron chi connectivity index (χ1n) is 5.87. The van der Waals surface area contributed by atoms with Crippen LogP contribution in [0.2, 0.25) is 5.02 Å². The molecule has 1 atom stereocenters. The standard InChI is InChI=1S/C16H11ClN2/c17-16-6-2-3-12(9-16)7-15(11-19)14-5-1-4-13(8-14)10-18/h1-6,8-9,15H,7H2. The van der Waals surface area contributed by atoms with Crippen LogP contribution in [0.25, 0.3) is 0 Å². The molecule has 0 aliphatic carbocycles. The molecule has 0 bridgehead atoms. The lowest BCUT2D eigenvalue weighted by Crippen LogP contribution is -2.00. The Morgan fingerprint density at radius 3 is 2.53 bits per heavy atom. The second-order valence-corrected chi connectivity index (χ2v) is 4.69. The van der Waals surface area contributed by atoms with Crippen molar-refractivity contribution in [3.05, 3.63) is 70.2 Å². The summed E-state index contributed by atoms with van der Waals surface area (Å²) < 4.78 is 0. The van der Waals surface area contributed by atoms with E-state index in [0.29, 0.717) is 17.0 Å². The SMILES string of the molecule is N#Cc1cccc(C(C#N)Cc2cccc(Cl)c2)c1. The number of nitrogens with zero attached hydrogens (tertiary/aromatic N) is 2. The molecule has 0 heterocycles. The van der Waals surface area contributed by atoms with Crippen molar-refractivity contribution in [3.63, 3.8) is 0 Å². The molecule has 0 amide bonds. The lowest BCUT2D eigenvalue weighted by atomic mass is 9.92. The topological polar surface area (TPSA) is 47.6 Å². The third-order valence-corrected chi connectivity index (χ3v) is 3.14. The molecule has 1 unspecified atom stereocenters. The molecule has 0 radical (unpaired) electrons. The highest BCUT2D eigenvalue weighted by atomic mass is 35.5. The molecule has 0 N–H and O–H groups in total. The zero-order chi connectivity index (χ0) is 13.7. The molecule has 0 saturated carbocycles. The quantitative estimate of drug-likeness (QED) is 0.841. The second-order valence-electron chi connectivity index (χ2n) is 4.25. The van der Waals surface area contributed by atoms with Crippen LogP contribution in [0, 0.1) is 22.7 Å². The van der Waals surface area contributed by atoms with Crippen LogP contribution in [0.15, 0.2) is 48.5 Å². The van der Waals surface area contributed by atoms with Crippen molar-refractivity contribution in [2.45, 2.75) is 12.3 Å². The highest BCUT2D eigenvalue weighted by Crippen LogP contribution is 2.22. The highest BCUT2D eigenvalue weighted by molar-refractivity contribution is 6.30. The Kier molecular flexibility index (Phi) is 4.18. The maximum atomic E-state index is 9.31. The van der Waals surface area contributed by atoms with Gasteiger partial charge in [0.25, 0.3) is 0 Å². The highest BCUT2D eigenvalue weighted by Gasteiger charge is 2.12. The summed E-state index contributed by atoms with van der Waals surface area (Å²) in [7, 11) is 0. The van der Waals surface area contributed by atoms with E-state index in [1.54, 1.807) is 18.2 Å². The van der Waals surface area contributed by atoms with Gasteiger partial charge in [0.2, 0.25) is 0 Å². The van der Waals surface area contributed by atoms with Gasteiger partial charge in [-0.2, -0.15) is 10.5 Å². The van der Waals surface area contributed by atoms with E-state index in [0.717, 1.165) is 11.1 Å². The Balaban J connectivity index is 2.26. The minimum Gasteiger partial charge on any atom is -0.198 e. The fourth-order valence-corrected chi connectivity index (χ4v) is 2.18. The van der Waals surface area contributed by atoms with Gasteiger partial charge >= 0.3 is 0 Å². The molecule has 0 spiro atoms. The number of halogens is 1. The van der Waals surface area contributed by atoms with E-state index >= 15 is 0 Å². The monoisotopic (exact) mass is 266 g/mol. The third-order valence-electron chi connectivity index (χ3n) is 2.90. The average molecular weight is 267 g/mol. The fourth-order valence-electron chi connectivity index (χ4n) is 1.96. The van der Waals surface area contributed by atoms with Gasteiger partial charge in [0.05, 0.1) is 23.6 Å². The second kappa shape index (κ2) is 6.05. The van der Waals surface area contributed by atoms with Gasteiger partial charge in [0.1, 0.15) is 0 Å². The third kappa shape index (κ3) is 3.35. The molecule has 0 aliphatic heterocycles. The van der Waals surface area contributed by atoms with E-state index in [2.05, 4.69) is 12.1 Å². The van der Waals surface area contributed by atoms with Gasteiger partial charge in [-0.05, 0) is 41.8 Å². The Hall–Kier alpha value is -2.29. The summed E-state index contributed by atoms with van der Waals surface area (Å²) >= 11 is 5.94. The van der Waals surface area contributed by atoms with Crippen LogP contribution in [-0.4, -0.2) is 0 Å². The van der Waals surface area contributed by atoms with Crippen LogP contribution < -0.4 is 0 Å². The van der Waals surface area contributed by atoms with Crippen molar-refractivity contribution >= 4 is 11.6 Å². The number of rotatable bonds is 3. The largest absolute Gasteiger partial charge is 0.198 e. The van der Waals surface area contributed by atoms with Crippen molar-refractivity contribution in [2.24, 2.45) is 0 Å². The summed E-state index contributed by atoms with van der Waals surface area (Å²) in [6.07, 6.45) is 0.589. The van der Waals surface area contributed by atoms with E-state index in [1.165, 1.54) is 0 Å². The Labute approximate surface area is 117 Å². The molecule has 0 fully saturated rings. The number of hydrogen-bond donors (Lipinski definition) is 0. The molecule has 0 aromatic heterocycles. The summed E-state index contributed by atoms with van der Waals surface area (Å²) in [4.78, 5) is 0. The van der Waals surface area contributed by atoms with Gasteiger partial charge in [-0.25, -0.2) is 0 Å². The predicted molar refractivity (Wildman–Crippen MR) is 74.7 cm³/mol. The zero-order valence-electron chi connectivity index (χ0n) is 10.2. The molecule has 92 valence electrons. The van der Waals surface area contributed by atoms with Crippen LogP contribution in [0.5, 0.6) is 0 Å². The van der Waals surface area contributed by atoms with Crippen molar-refractivity contribution in [3.8, 4) is 12.1 Å². The van der Waals surface area contributed by atoms with Gasteiger partial charge in [-0.15, -0.1) is 0 Å². The molecule has 2 nitrogen and oxygen atoms in total. The van der Waals surface area contributed by atoms with E-state index in [1.807, 2.05) is 30.3 Å². The molecular formula is C16H11ClN2. The summed E-state index contributed by atoms with van der Waals surface area (Å²) in [6, 6.07) is 19.0. The maximum Gasteiger partial charge on any atom is 0.0991 e. The lowest BCUT2D eigenvalue weighted by molar-refractivity contribution is 0.849. The molecule has 0 saturated heterocycles. The van der Waals surface area contributed by atoms with Gasteiger partial charge in [-0.1, -0.05) is 35.9 Å². The van der Waals surface area contributed by atoms with Crippen LogP contribution in [-0.2, 0) is 6.42 Å². The van der Waals surface area contributed by atoms with Crippen molar-refractivity contribution in [1.82, 2.24) is 0 Å². The number of hydrogen-bond acceptors (Lipinski definition) is 2. The van der Waals surface area contributed by atoms with Crippen LogP contribution in [0.1, 0.15) is 22.6 Å². The summed E-state index contributed by atoms with van der Waals surface area (Å²) in [5, 5.41) is 18.9. The molecule has 0 aliphatic rings. The summed E-state index contributed by atoms with van der Waals surface area (Å²) in [6.45, 7) is 0. The maximum absolute atomic E-state index is 9.31. The van der Waals surface area contributed by atoms with Crippen molar-refractivity contribution < 1.29 is 0 Å². The minimum atomic E-state index is -0.272. The van der Waals surface area contributed by atoms with E-state index in [9.17, 15) is 5.26 Å². The molecule has 2 rings (SSSR count). The van der Waals surface area contributed by atoms with Gasteiger partial charge in [0.15, 0.2) is 0 Å². The lowest BCUT2D eigenvalue weighted by Gasteiger charge is -2.10. The molecular weight excluding hydrogens is 256 g/mol. The zero-order valence-corrected chi connectivity index (χ0v) is 10.9. The Morgan fingerprint density at radius 2 is 1.84 bits per heavy atom. The number of nitriles is 2. The minimum absolute atomic E-state index is 0.272. The fraction of sp³-hybridized carbons (Fsp3) is 0.125. The van der Waals surface area contributed by atoms with Crippen LogP contribution in [0.3, 0.4) is 0 Å². The molecule has 3 heteroatoms. The van der Waals surface area contributed by atoms with Crippen LogP contribution >= 0.6 is 11.6 Å². The first-order chi connectivity index (χ1) is 9.22. The molecule has 2 aromatic carbocycles. The molecule has 2 aromatic rings. The Bertz CT molecular complexity index is 665. The van der Waals surface area contributed by atoms with Gasteiger partial charge in [0, 0.05) is 5.02 Å². The van der Waals surface area contributed by atoms with Gasteiger partial charge in [-0.3, -0.25) is 0 Å². The van der Waals surface area contributed by atoms with E-state index in [-0.39, 0.29) is 5.92 Å². The van der Waals surface area contributed by atoms with Crippen molar-refractivity contribution in [2.75, 3.05) is 0 Å². The summed E-state index contributed by atoms with van der Waals surface area (Å²) in [5.41, 5.74) is 2.45. The molecule has 19 heavy (non-hydrogen) atoms. The van der Waals surface area contributed by atoms with Gasteiger partial charge < -0.3 is 0 Å². The van der Waals surface area contributed by atoms with E-state index < -0.39 is 0 Å². The summed E-state index contributed by atoms with van der Waals surface area (Å²) in [5.74, 6) is -0.272. The average Bonchev–Trinajstić information content (AvgIpc) is 2.45. The van der Waals surface area contributed by atoms with Crippen molar-refractivity contribution in [1.29, 1.82) is 10.5 Å². The van der Waals surface area contributed by atoms with Crippen LogP contribution in [0.4, 0.5) is 0 Å². The Morgan fingerprint density at radius 1 is 1.05 bits per heavy atom. The number of benzene rings is 2. The predicted octanol–water partition coefficient (Wildman–Crippen LogP) is 4.06. The van der Waals surface area contributed by atoms with E-state index in [4.69, 9.17) is 16.9 Å². The first kappa shape index (κ1) is 13.1. The normalized spacial score (nSPS) is 11.3. The smallest absolute Gasteiger partial charge is 0.0991 e. The first-order valence-corrected chi connectivity index (χ1v) is 6.25.